The van der Waals surface area contributed by atoms with Gasteiger partial charge >= 0.3 is 0 Å². The number of carbonyl (C=O) groups is 1. The number of rotatable bonds is 7. The number of hydrogen-bond acceptors (Lipinski definition) is 4. The molecule has 0 fully saturated rings. The summed E-state index contributed by atoms with van der Waals surface area (Å²) in [5, 5.41) is 3.83. The maximum Gasteiger partial charge on any atom is 0.256 e. The van der Waals surface area contributed by atoms with E-state index in [0.29, 0.717) is 16.5 Å². The molecule has 1 N–H and O–H groups in total. The first-order valence-electron chi connectivity index (χ1n) is 8.19. The Morgan fingerprint density at radius 3 is 2.33 bits per heavy atom. The van der Waals surface area contributed by atoms with E-state index in [2.05, 4.69) is 29.1 Å². The van der Waals surface area contributed by atoms with Crippen molar-refractivity contribution < 1.29 is 4.79 Å². The van der Waals surface area contributed by atoms with E-state index < -0.39 is 0 Å². The fourth-order valence-corrected chi connectivity index (χ4v) is 2.65. The zero-order valence-electron chi connectivity index (χ0n) is 14.3. The molecule has 0 spiro atoms. The van der Waals surface area contributed by atoms with E-state index in [1.807, 2.05) is 30.0 Å². The van der Waals surface area contributed by atoms with Gasteiger partial charge in [0, 0.05) is 36.2 Å². The van der Waals surface area contributed by atoms with Crippen molar-refractivity contribution in [3.63, 3.8) is 0 Å². The summed E-state index contributed by atoms with van der Waals surface area (Å²) in [5.74, 6) is 0.433. The molecule has 1 heterocycles. The first kappa shape index (κ1) is 18.2. The number of anilines is 2. The second-order valence-electron chi connectivity index (χ2n) is 5.67. The SMILES string of the molecule is CCCN(CCC)C(=O)c1cnc(Nc2ccc(Cl)cc2C)nc1. The van der Waals surface area contributed by atoms with E-state index in [-0.39, 0.29) is 5.91 Å². The van der Waals surface area contributed by atoms with Gasteiger partial charge in [-0.1, -0.05) is 25.4 Å². The Balaban J connectivity index is 2.10. The molecule has 1 aromatic carbocycles. The van der Waals surface area contributed by atoms with Gasteiger partial charge in [0.1, 0.15) is 0 Å². The largest absolute Gasteiger partial charge is 0.339 e. The van der Waals surface area contributed by atoms with Gasteiger partial charge in [0.25, 0.3) is 5.91 Å². The number of halogens is 1. The highest BCUT2D eigenvalue weighted by Gasteiger charge is 2.15. The number of amides is 1. The average molecular weight is 347 g/mol. The summed E-state index contributed by atoms with van der Waals surface area (Å²) < 4.78 is 0. The molecule has 2 rings (SSSR count). The Morgan fingerprint density at radius 2 is 1.79 bits per heavy atom. The molecule has 0 aliphatic heterocycles. The van der Waals surface area contributed by atoms with Crippen molar-refractivity contribution in [1.82, 2.24) is 14.9 Å². The van der Waals surface area contributed by atoms with Gasteiger partial charge in [-0.05, 0) is 43.5 Å². The van der Waals surface area contributed by atoms with Gasteiger partial charge in [-0.3, -0.25) is 4.79 Å². The van der Waals surface area contributed by atoms with Crippen molar-refractivity contribution in [2.45, 2.75) is 33.6 Å². The van der Waals surface area contributed by atoms with Gasteiger partial charge in [-0.2, -0.15) is 0 Å². The van der Waals surface area contributed by atoms with Crippen molar-refractivity contribution in [1.29, 1.82) is 0 Å². The quantitative estimate of drug-likeness (QED) is 0.805. The Hall–Kier alpha value is -2.14. The van der Waals surface area contributed by atoms with E-state index in [1.165, 1.54) is 0 Å². The summed E-state index contributed by atoms with van der Waals surface area (Å²) in [6.07, 6.45) is 5.01. The van der Waals surface area contributed by atoms with E-state index in [1.54, 1.807) is 12.4 Å². The van der Waals surface area contributed by atoms with Crippen LogP contribution in [0.4, 0.5) is 11.6 Å². The number of benzene rings is 1. The zero-order chi connectivity index (χ0) is 17.5. The van der Waals surface area contributed by atoms with Crippen LogP contribution in [0, 0.1) is 6.92 Å². The van der Waals surface area contributed by atoms with Crippen LogP contribution in [0.5, 0.6) is 0 Å². The second-order valence-corrected chi connectivity index (χ2v) is 6.11. The maximum absolute atomic E-state index is 12.5. The second kappa shape index (κ2) is 8.64. The van der Waals surface area contributed by atoms with Crippen LogP contribution in [0.25, 0.3) is 0 Å². The lowest BCUT2D eigenvalue weighted by Gasteiger charge is -2.21. The van der Waals surface area contributed by atoms with Gasteiger partial charge < -0.3 is 10.2 Å². The summed E-state index contributed by atoms with van der Waals surface area (Å²) in [5.41, 5.74) is 2.40. The summed E-state index contributed by atoms with van der Waals surface area (Å²) in [6, 6.07) is 5.56. The number of hydrogen-bond donors (Lipinski definition) is 1. The molecule has 0 saturated carbocycles. The van der Waals surface area contributed by atoms with Gasteiger partial charge in [-0.25, -0.2) is 9.97 Å². The van der Waals surface area contributed by atoms with E-state index in [9.17, 15) is 4.79 Å². The highest BCUT2D eigenvalue weighted by atomic mass is 35.5. The molecule has 1 aromatic heterocycles. The van der Waals surface area contributed by atoms with Gasteiger partial charge in [0.2, 0.25) is 5.95 Å². The molecule has 0 saturated heterocycles. The predicted octanol–water partition coefficient (Wildman–Crippen LogP) is 4.44. The zero-order valence-corrected chi connectivity index (χ0v) is 15.1. The molecule has 0 aliphatic rings. The molecule has 5 nitrogen and oxygen atoms in total. The van der Waals surface area contributed by atoms with E-state index >= 15 is 0 Å². The lowest BCUT2D eigenvalue weighted by Crippen LogP contribution is -2.32. The van der Waals surface area contributed by atoms with Crippen LogP contribution in [0.2, 0.25) is 5.02 Å². The number of nitrogens with one attached hydrogen (secondary N) is 1. The smallest absolute Gasteiger partial charge is 0.256 e. The fraction of sp³-hybridized carbons (Fsp3) is 0.389. The Kier molecular flexibility index (Phi) is 6.55. The van der Waals surface area contributed by atoms with E-state index in [4.69, 9.17) is 11.6 Å². The topological polar surface area (TPSA) is 58.1 Å². The molecule has 0 bridgehead atoms. The van der Waals surface area contributed by atoms with Crippen molar-refractivity contribution in [3.05, 3.63) is 46.7 Å². The molecule has 128 valence electrons. The van der Waals surface area contributed by atoms with E-state index in [0.717, 1.165) is 37.2 Å². The minimum Gasteiger partial charge on any atom is -0.339 e. The molecule has 24 heavy (non-hydrogen) atoms. The minimum atomic E-state index is -0.0204. The summed E-state index contributed by atoms with van der Waals surface area (Å²) in [7, 11) is 0. The number of nitrogens with zero attached hydrogens (tertiary/aromatic N) is 3. The first-order valence-corrected chi connectivity index (χ1v) is 8.57. The van der Waals surface area contributed by atoms with Crippen LogP contribution >= 0.6 is 11.6 Å². The molecular weight excluding hydrogens is 324 g/mol. The lowest BCUT2D eigenvalue weighted by atomic mass is 10.2. The molecule has 0 aliphatic carbocycles. The molecule has 1 amide bonds. The van der Waals surface area contributed by atoms with Crippen molar-refractivity contribution >= 4 is 29.1 Å². The average Bonchev–Trinajstić information content (AvgIpc) is 2.57. The summed E-state index contributed by atoms with van der Waals surface area (Å²) in [4.78, 5) is 22.9. The fourth-order valence-electron chi connectivity index (χ4n) is 2.43. The van der Waals surface area contributed by atoms with Crippen LogP contribution in [0.3, 0.4) is 0 Å². The minimum absolute atomic E-state index is 0.0204. The third-order valence-electron chi connectivity index (χ3n) is 3.61. The highest BCUT2D eigenvalue weighted by molar-refractivity contribution is 6.30. The normalized spacial score (nSPS) is 10.5. The number of aromatic nitrogens is 2. The monoisotopic (exact) mass is 346 g/mol. The number of carbonyl (C=O) groups excluding carboxylic acids is 1. The number of aryl methyl sites for hydroxylation is 1. The third kappa shape index (κ3) is 4.68. The van der Waals surface area contributed by atoms with Crippen LogP contribution in [0.1, 0.15) is 42.6 Å². The van der Waals surface area contributed by atoms with Gasteiger partial charge in [-0.15, -0.1) is 0 Å². The lowest BCUT2D eigenvalue weighted by molar-refractivity contribution is 0.0755. The Morgan fingerprint density at radius 1 is 1.17 bits per heavy atom. The Labute approximate surface area is 148 Å². The van der Waals surface area contributed by atoms with Crippen molar-refractivity contribution in [3.8, 4) is 0 Å². The van der Waals surface area contributed by atoms with Crippen molar-refractivity contribution in [2.24, 2.45) is 0 Å². The van der Waals surface area contributed by atoms with Crippen LogP contribution in [-0.2, 0) is 0 Å². The van der Waals surface area contributed by atoms with Crippen LogP contribution in [0.15, 0.2) is 30.6 Å². The van der Waals surface area contributed by atoms with Gasteiger partial charge in [0.05, 0.1) is 5.56 Å². The first-order chi connectivity index (χ1) is 11.5. The van der Waals surface area contributed by atoms with Crippen LogP contribution < -0.4 is 5.32 Å². The van der Waals surface area contributed by atoms with Gasteiger partial charge in [0.15, 0.2) is 0 Å². The predicted molar refractivity (Wildman–Crippen MR) is 98.0 cm³/mol. The molecule has 0 atom stereocenters. The molecular formula is C18H23ClN4O. The molecule has 0 unspecified atom stereocenters. The highest BCUT2D eigenvalue weighted by Crippen LogP contribution is 2.21. The molecule has 2 aromatic rings. The van der Waals surface area contributed by atoms with Crippen molar-refractivity contribution in [2.75, 3.05) is 18.4 Å². The third-order valence-corrected chi connectivity index (χ3v) is 3.84. The standard InChI is InChI=1S/C18H23ClN4O/c1-4-8-23(9-5-2)17(24)14-11-20-18(21-12-14)22-16-7-6-15(19)10-13(16)3/h6-7,10-12H,4-5,8-9H2,1-3H3,(H,20,21,22). The summed E-state index contributed by atoms with van der Waals surface area (Å²) in [6.45, 7) is 7.58. The molecule has 6 heteroatoms. The molecule has 0 radical (unpaired) electrons. The summed E-state index contributed by atoms with van der Waals surface area (Å²) >= 11 is 5.96. The maximum atomic E-state index is 12.5. The van der Waals surface area contributed by atoms with Crippen LogP contribution in [-0.4, -0.2) is 33.9 Å². The Bertz CT molecular complexity index is 682.